The molecule has 0 spiro atoms. The van der Waals surface area contributed by atoms with Gasteiger partial charge in [-0.05, 0) is 33.7 Å². The molecule has 1 atom stereocenters. The molecule has 0 aliphatic heterocycles. The Morgan fingerprint density at radius 2 is 2.00 bits per heavy atom. The lowest BCUT2D eigenvalue weighted by Gasteiger charge is -2.25. The van der Waals surface area contributed by atoms with Crippen molar-refractivity contribution in [1.29, 1.82) is 0 Å². The van der Waals surface area contributed by atoms with Gasteiger partial charge in [-0.3, -0.25) is 0 Å². The van der Waals surface area contributed by atoms with Crippen molar-refractivity contribution < 1.29 is 4.74 Å². The van der Waals surface area contributed by atoms with Crippen LogP contribution >= 0.6 is 0 Å². The number of nitrogens with one attached hydrogen (secondary N) is 1. The summed E-state index contributed by atoms with van der Waals surface area (Å²) in [6.07, 6.45) is 7.26. The molecule has 4 heteroatoms. The minimum atomic E-state index is -0.0786. The fourth-order valence-corrected chi connectivity index (χ4v) is 1.56. The van der Waals surface area contributed by atoms with E-state index in [9.17, 15) is 0 Å². The van der Waals surface area contributed by atoms with E-state index in [1.54, 1.807) is 13.4 Å². The van der Waals surface area contributed by atoms with Crippen molar-refractivity contribution in [2.24, 2.45) is 0 Å². The Morgan fingerprint density at radius 3 is 2.50 bits per heavy atom. The first-order chi connectivity index (χ1) is 7.59. The predicted molar refractivity (Wildman–Crippen MR) is 64.2 cm³/mol. The Hall–Kier alpha value is -1.00. The molecule has 0 aliphatic rings. The molecule has 90 valence electrons. The van der Waals surface area contributed by atoms with Crippen LogP contribution in [0.3, 0.4) is 0 Å². The van der Waals surface area contributed by atoms with Crippen molar-refractivity contribution >= 4 is 0 Å². The van der Waals surface area contributed by atoms with Crippen LogP contribution in [-0.4, -0.2) is 29.7 Å². The summed E-state index contributed by atoms with van der Waals surface area (Å²) >= 11 is 0. The van der Waals surface area contributed by atoms with Crippen LogP contribution in [0.2, 0.25) is 0 Å². The quantitative estimate of drug-likeness (QED) is 0.800. The van der Waals surface area contributed by atoms with Gasteiger partial charge in [-0.15, -0.1) is 0 Å². The molecule has 1 heterocycles. The van der Waals surface area contributed by atoms with Crippen molar-refractivity contribution in [3.05, 3.63) is 24.3 Å². The summed E-state index contributed by atoms with van der Waals surface area (Å²) in [4.78, 5) is 8.07. The van der Waals surface area contributed by atoms with E-state index in [-0.39, 0.29) is 11.6 Å². The molecule has 0 saturated heterocycles. The fraction of sp³-hybridized carbons (Fsp3) is 0.667. The SMILES string of the molecule is CNC(CCC(C)(C)OC)c1cncnc1. The number of rotatable bonds is 6. The molecular weight excluding hydrogens is 202 g/mol. The maximum absolute atomic E-state index is 5.41. The van der Waals surface area contributed by atoms with E-state index in [2.05, 4.69) is 29.1 Å². The molecular formula is C12H21N3O. The lowest BCUT2D eigenvalue weighted by Crippen LogP contribution is -2.26. The minimum Gasteiger partial charge on any atom is -0.379 e. The molecule has 0 bridgehead atoms. The number of hydrogen-bond acceptors (Lipinski definition) is 4. The fourth-order valence-electron chi connectivity index (χ4n) is 1.56. The molecule has 0 aliphatic carbocycles. The highest BCUT2D eigenvalue weighted by Crippen LogP contribution is 2.23. The number of methoxy groups -OCH3 is 1. The first kappa shape index (κ1) is 13.1. The Balaban J connectivity index is 2.57. The van der Waals surface area contributed by atoms with Crippen molar-refractivity contribution in [1.82, 2.24) is 15.3 Å². The Kier molecular flexibility index (Phi) is 4.83. The molecule has 16 heavy (non-hydrogen) atoms. The van der Waals surface area contributed by atoms with Gasteiger partial charge in [0, 0.05) is 31.1 Å². The van der Waals surface area contributed by atoms with Gasteiger partial charge in [0.2, 0.25) is 0 Å². The maximum atomic E-state index is 5.41. The van der Waals surface area contributed by atoms with Gasteiger partial charge in [-0.2, -0.15) is 0 Å². The Morgan fingerprint density at radius 1 is 1.38 bits per heavy atom. The third-order valence-electron chi connectivity index (χ3n) is 2.92. The van der Waals surface area contributed by atoms with Gasteiger partial charge >= 0.3 is 0 Å². The summed E-state index contributed by atoms with van der Waals surface area (Å²) in [7, 11) is 3.71. The molecule has 1 aromatic heterocycles. The van der Waals surface area contributed by atoms with Gasteiger partial charge in [-0.1, -0.05) is 0 Å². The summed E-state index contributed by atoms with van der Waals surface area (Å²) in [5, 5.41) is 3.28. The highest BCUT2D eigenvalue weighted by atomic mass is 16.5. The normalized spacial score (nSPS) is 13.8. The Labute approximate surface area is 97.5 Å². The van der Waals surface area contributed by atoms with E-state index in [1.807, 2.05) is 19.4 Å². The first-order valence-corrected chi connectivity index (χ1v) is 5.56. The third-order valence-corrected chi connectivity index (χ3v) is 2.92. The Bertz CT molecular complexity index is 300. The van der Waals surface area contributed by atoms with Crippen LogP contribution < -0.4 is 5.32 Å². The van der Waals surface area contributed by atoms with E-state index >= 15 is 0 Å². The average Bonchev–Trinajstić information content (AvgIpc) is 2.31. The molecule has 0 amide bonds. The topological polar surface area (TPSA) is 47.0 Å². The smallest absolute Gasteiger partial charge is 0.115 e. The zero-order valence-corrected chi connectivity index (χ0v) is 10.5. The molecule has 0 radical (unpaired) electrons. The summed E-state index contributed by atoms with van der Waals surface area (Å²) < 4.78 is 5.41. The van der Waals surface area contributed by atoms with Gasteiger partial charge < -0.3 is 10.1 Å². The molecule has 1 aromatic rings. The summed E-state index contributed by atoms with van der Waals surface area (Å²) in [6, 6.07) is 0.288. The van der Waals surface area contributed by atoms with E-state index in [4.69, 9.17) is 4.74 Å². The van der Waals surface area contributed by atoms with Gasteiger partial charge in [0.05, 0.1) is 5.60 Å². The van der Waals surface area contributed by atoms with Gasteiger partial charge in [0.25, 0.3) is 0 Å². The molecule has 0 saturated carbocycles. The zero-order valence-electron chi connectivity index (χ0n) is 10.5. The standard InChI is InChI=1S/C12H21N3O/c1-12(2,16-4)6-5-11(13-3)10-7-14-9-15-8-10/h7-9,11,13H,5-6H2,1-4H3. The first-order valence-electron chi connectivity index (χ1n) is 5.56. The maximum Gasteiger partial charge on any atom is 0.115 e. The van der Waals surface area contributed by atoms with Crippen LogP contribution in [0, 0.1) is 0 Å². The molecule has 0 aromatic carbocycles. The highest BCUT2D eigenvalue weighted by molar-refractivity contribution is 5.08. The van der Waals surface area contributed by atoms with Crippen LogP contribution in [-0.2, 0) is 4.74 Å². The molecule has 0 fully saturated rings. The van der Waals surface area contributed by atoms with E-state index in [0.29, 0.717) is 0 Å². The minimum absolute atomic E-state index is 0.0786. The lowest BCUT2D eigenvalue weighted by atomic mass is 9.96. The van der Waals surface area contributed by atoms with Crippen LogP contribution in [0.15, 0.2) is 18.7 Å². The van der Waals surface area contributed by atoms with Crippen molar-refractivity contribution in [3.8, 4) is 0 Å². The van der Waals surface area contributed by atoms with E-state index in [0.717, 1.165) is 18.4 Å². The van der Waals surface area contributed by atoms with Gasteiger partial charge in [-0.25, -0.2) is 9.97 Å². The van der Waals surface area contributed by atoms with Crippen LogP contribution in [0.25, 0.3) is 0 Å². The molecule has 4 nitrogen and oxygen atoms in total. The molecule has 1 unspecified atom stereocenters. The number of aromatic nitrogens is 2. The van der Waals surface area contributed by atoms with Crippen molar-refractivity contribution in [2.45, 2.75) is 38.3 Å². The van der Waals surface area contributed by atoms with Gasteiger partial charge in [0.1, 0.15) is 6.33 Å². The largest absolute Gasteiger partial charge is 0.379 e. The molecule has 1 rings (SSSR count). The second kappa shape index (κ2) is 5.92. The van der Waals surface area contributed by atoms with E-state index in [1.165, 1.54) is 0 Å². The number of hydrogen-bond donors (Lipinski definition) is 1. The third kappa shape index (κ3) is 3.87. The highest BCUT2D eigenvalue weighted by Gasteiger charge is 2.19. The summed E-state index contributed by atoms with van der Waals surface area (Å²) in [5.41, 5.74) is 1.04. The average molecular weight is 223 g/mol. The second-order valence-electron chi connectivity index (χ2n) is 4.52. The van der Waals surface area contributed by atoms with Crippen molar-refractivity contribution in [2.75, 3.05) is 14.2 Å². The van der Waals surface area contributed by atoms with Crippen molar-refractivity contribution in [3.63, 3.8) is 0 Å². The zero-order chi connectivity index (χ0) is 12.0. The lowest BCUT2D eigenvalue weighted by molar-refractivity contribution is 0.0118. The van der Waals surface area contributed by atoms with Crippen LogP contribution in [0.1, 0.15) is 38.3 Å². The van der Waals surface area contributed by atoms with E-state index < -0.39 is 0 Å². The van der Waals surface area contributed by atoms with Crippen LogP contribution in [0.4, 0.5) is 0 Å². The monoisotopic (exact) mass is 223 g/mol. The van der Waals surface area contributed by atoms with Gasteiger partial charge in [0.15, 0.2) is 0 Å². The van der Waals surface area contributed by atoms with Crippen LogP contribution in [0.5, 0.6) is 0 Å². The number of nitrogens with zero attached hydrogens (tertiary/aromatic N) is 2. The number of ether oxygens (including phenoxy) is 1. The predicted octanol–water partition coefficient (Wildman–Crippen LogP) is 1.94. The second-order valence-corrected chi connectivity index (χ2v) is 4.52. The summed E-state index contributed by atoms with van der Waals surface area (Å²) in [5.74, 6) is 0. The molecule has 1 N–H and O–H groups in total. The summed E-state index contributed by atoms with van der Waals surface area (Å²) in [6.45, 7) is 4.20.